The fraction of sp³-hybridized carbons (Fsp3) is 0.613. The van der Waals surface area contributed by atoms with Crippen LogP contribution in [0.25, 0.3) is 11.4 Å². The summed E-state index contributed by atoms with van der Waals surface area (Å²) >= 11 is 0. The number of nitrogens with zero attached hydrogens (tertiary/aromatic N) is 2. The van der Waals surface area contributed by atoms with Gasteiger partial charge in [0, 0.05) is 18.0 Å². The van der Waals surface area contributed by atoms with Crippen molar-refractivity contribution in [3.63, 3.8) is 0 Å². The summed E-state index contributed by atoms with van der Waals surface area (Å²) in [5.74, 6) is 1.72. The molecule has 0 radical (unpaired) electrons. The Labute approximate surface area is 216 Å². The van der Waals surface area contributed by atoms with Crippen LogP contribution >= 0.6 is 0 Å². The standard InChI is InChI=1S/C31H50N2OSi/c1-5-6-7-8-9-10-13-16-19-28-26-32-31(33-27-28)29-20-22-30(23-21-29)34-24-17-14-11-12-15-18-25-35(2,3)4/h18,20-23,25-27H,5-17,19,24H2,1-4H3. The van der Waals surface area contributed by atoms with Gasteiger partial charge in [-0.3, -0.25) is 0 Å². The minimum atomic E-state index is -1.03. The zero-order chi connectivity index (χ0) is 25.2. The molecule has 0 fully saturated rings. The maximum atomic E-state index is 5.93. The minimum Gasteiger partial charge on any atom is -0.494 e. The third-order valence-corrected chi connectivity index (χ3v) is 7.52. The first kappa shape index (κ1) is 29.3. The normalized spacial score (nSPS) is 11.9. The molecule has 194 valence electrons. The second-order valence-corrected chi connectivity index (χ2v) is 16.0. The van der Waals surface area contributed by atoms with Crippen LogP contribution in [0.1, 0.15) is 96.0 Å². The van der Waals surface area contributed by atoms with Gasteiger partial charge >= 0.3 is 0 Å². The minimum absolute atomic E-state index is 0.786. The zero-order valence-electron chi connectivity index (χ0n) is 23.0. The van der Waals surface area contributed by atoms with Crippen LogP contribution < -0.4 is 4.74 Å². The van der Waals surface area contributed by atoms with Gasteiger partial charge in [0.25, 0.3) is 0 Å². The van der Waals surface area contributed by atoms with E-state index in [1.165, 1.54) is 82.6 Å². The summed E-state index contributed by atoms with van der Waals surface area (Å²) in [6.45, 7) is 10.2. The molecule has 3 nitrogen and oxygen atoms in total. The Hall–Kier alpha value is -1.94. The lowest BCUT2D eigenvalue weighted by Gasteiger charge is -2.08. The number of hydrogen-bond donors (Lipinski definition) is 0. The van der Waals surface area contributed by atoms with Crippen LogP contribution in [-0.2, 0) is 6.42 Å². The Morgan fingerprint density at radius 1 is 0.743 bits per heavy atom. The highest BCUT2D eigenvalue weighted by molar-refractivity contribution is 6.80. The van der Waals surface area contributed by atoms with Crippen molar-refractivity contribution in [2.45, 2.75) is 116 Å². The number of unbranched alkanes of at least 4 members (excludes halogenated alkanes) is 11. The van der Waals surface area contributed by atoms with Crippen molar-refractivity contribution in [2.24, 2.45) is 0 Å². The molecule has 0 aliphatic heterocycles. The number of rotatable bonds is 19. The van der Waals surface area contributed by atoms with Gasteiger partial charge in [0.1, 0.15) is 5.75 Å². The molecule has 1 aromatic heterocycles. The van der Waals surface area contributed by atoms with E-state index < -0.39 is 8.07 Å². The third kappa shape index (κ3) is 14.3. The molecule has 2 aromatic rings. The van der Waals surface area contributed by atoms with E-state index in [1.54, 1.807) is 0 Å². The molecule has 0 aliphatic rings. The molecular formula is C31H50N2OSi. The number of aryl methyl sites for hydroxylation is 1. The molecule has 0 unspecified atom stereocenters. The summed E-state index contributed by atoms with van der Waals surface area (Å²) in [6, 6.07) is 8.20. The molecule has 2 rings (SSSR count). The lowest BCUT2D eigenvalue weighted by atomic mass is 10.1. The molecule has 1 heterocycles. The number of aromatic nitrogens is 2. The highest BCUT2D eigenvalue weighted by atomic mass is 28.3. The van der Waals surface area contributed by atoms with Gasteiger partial charge in [-0.1, -0.05) is 96.1 Å². The van der Waals surface area contributed by atoms with Crippen molar-refractivity contribution in [3.8, 4) is 17.1 Å². The zero-order valence-corrected chi connectivity index (χ0v) is 24.0. The summed E-state index contributed by atoms with van der Waals surface area (Å²) in [4.78, 5) is 9.21. The van der Waals surface area contributed by atoms with Crippen molar-refractivity contribution >= 4 is 8.07 Å². The predicted molar refractivity (Wildman–Crippen MR) is 155 cm³/mol. The van der Waals surface area contributed by atoms with Gasteiger partial charge in [0.15, 0.2) is 5.82 Å². The van der Waals surface area contributed by atoms with Gasteiger partial charge in [0.2, 0.25) is 0 Å². The molecule has 0 aliphatic carbocycles. The molecule has 0 atom stereocenters. The topological polar surface area (TPSA) is 35.0 Å². The van der Waals surface area contributed by atoms with Gasteiger partial charge in [-0.2, -0.15) is 0 Å². The monoisotopic (exact) mass is 494 g/mol. The summed E-state index contributed by atoms with van der Waals surface area (Å²) in [5.41, 5.74) is 4.74. The van der Waals surface area contributed by atoms with Gasteiger partial charge < -0.3 is 4.74 Å². The summed E-state index contributed by atoms with van der Waals surface area (Å²) in [7, 11) is -1.03. The van der Waals surface area contributed by atoms with E-state index >= 15 is 0 Å². The molecule has 0 N–H and O–H groups in total. The largest absolute Gasteiger partial charge is 0.494 e. The number of hydrogen-bond acceptors (Lipinski definition) is 3. The smallest absolute Gasteiger partial charge is 0.159 e. The lowest BCUT2D eigenvalue weighted by molar-refractivity contribution is 0.305. The Morgan fingerprint density at radius 2 is 1.34 bits per heavy atom. The van der Waals surface area contributed by atoms with E-state index in [4.69, 9.17) is 4.74 Å². The lowest BCUT2D eigenvalue weighted by Crippen LogP contribution is -2.15. The van der Waals surface area contributed by atoms with Crippen molar-refractivity contribution in [1.29, 1.82) is 0 Å². The van der Waals surface area contributed by atoms with Crippen molar-refractivity contribution in [3.05, 3.63) is 54.0 Å². The van der Waals surface area contributed by atoms with E-state index in [0.29, 0.717) is 0 Å². The molecule has 35 heavy (non-hydrogen) atoms. The van der Waals surface area contributed by atoms with E-state index in [0.717, 1.165) is 36.6 Å². The van der Waals surface area contributed by atoms with Gasteiger partial charge in [-0.15, -0.1) is 0 Å². The van der Waals surface area contributed by atoms with Crippen LogP contribution in [0.5, 0.6) is 5.75 Å². The highest BCUT2D eigenvalue weighted by Crippen LogP contribution is 2.20. The first-order valence-corrected chi connectivity index (χ1v) is 17.8. The third-order valence-electron chi connectivity index (χ3n) is 6.29. The van der Waals surface area contributed by atoms with E-state index in [2.05, 4.69) is 60.4 Å². The molecule has 0 spiro atoms. The molecule has 0 saturated heterocycles. The van der Waals surface area contributed by atoms with Gasteiger partial charge in [-0.05, 0) is 61.9 Å². The molecule has 0 saturated carbocycles. The number of allylic oxidation sites excluding steroid dienone is 1. The van der Waals surface area contributed by atoms with Crippen LogP contribution in [0.3, 0.4) is 0 Å². The second-order valence-electron chi connectivity index (χ2n) is 11.0. The second kappa shape index (κ2) is 17.5. The Balaban J connectivity index is 1.59. The van der Waals surface area contributed by atoms with Crippen LogP contribution in [0, 0.1) is 0 Å². The molecular weight excluding hydrogens is 444 g/mol. The molecule has 4 heteroatoms. The summed E-state index contributed by atoms with van der Waals surface area (Å²) in [6.07, 6.45) is 24.4. The summed E-state index contributed by atoms with van der Waals surface area (Å²) in [5, 5.41) is 0. The van der Waals surface area contributed by atoms with Gasteiger partial charge in [0.05, 0.1) is 14.7 Å². The maximum absolute atomic E-state index is 5.93. The quantitative estimate of drug-likeness (QED) is 0.144. The SMILES string of the molecule is CCCCCCCCCCc1cnc(-c2ccc(OCCCCCCC=C[Si](C)(C)C)cc2)nc1. The Morgan fingerprint density at radius 3 is 2.00 bits per heavy atom. The van der Waals surface area contributed by atoms with Gasteiger partial charge in [-0.25, -0.2) is 9.97 Å². The Kier molecular flexibility index (Phi) is 14.6. The average Bonchev–Trinajstić information content (AvgIpc) is 2.85. The van der Waals surface area contributed by atoms with E-state index in [9.17, 15) is 0 Å². The Bertz CT molecular complexity index is 809. The van der Waals surface area contributed by atoms with Crippen LogP contribution in [0.2, 0.25) is 19.6 Å². The molecule has 1 aromatic carbocycles. The van der Waals surface area contributed by atoms with Crippen molar-refractivity contribution < 1.29 is 4.74 Å². The first-order valence-electron chi connectivity index (χ1n) is 14.2. The van der Waals surface area contributed by atoms with Crippen LogP contribution in [0.4, 0.5) is 0 Å². The van der Waals surface area contributed by atoms with E-state index in [1.807, 2.05) is 24.5 Å². The fourth-order valence-electron chi connectivity index (χ4n) is 4.14. The van der Waals surface area contributed by atoms with Crippen molar-refractivity contribution in [1.82, 2.24) is 9.97 Å². The van der Waals surface area contributed by atoms with Crippen LogP contribution in [-0.4, -0.2) is 24.6 Å². The fourth-order valence-corrected chi connectivity index (χ4v) is 5.01. The first-order chi connectivity index (χ1) is 17.0. The average molecular weight is 495 g/mol. The summed E-state index contributed by atoms with van der Waals surface area (Å²) < 4.78 is 5.93. The van der Waals surface area contributed by atoms with E-state index in [-0.39, 0.29) is 0 Å². The molecule has 0 bridgehead atoms. The number of benzene rings is 1. The van der Waals surface area contributed by atoms with Crippen molar-refractivity contribution in [2.75, 3.05) is 6.61 Å². The predicted octanol–water partition coefficient (Wildman–Crippen LogP) is 9.59. The molecule has 0 amide bonds. The highest BCUT2D eigenvalue weighted by Gasteiger charge is 2.06. The number of ether oxygens (including phenoxy) is 1. The van der Waals surface area contributed by atoms with Crippen LogP contribution in [0.15, 0.2) is 48.4 Å². The maximum Gasteiger partial charge on any atom is 0.159 e.